The van der Waals surface area contributed by atoms with Gasteiger partial charge in [-0.2, -0.15) is 0 Å². The second kappa shape index (κ2) is 13.2. The van der Waals surface area contributed by atoms with Crippen molar-refractivity contribution in [1.29, 1.82) is 0 Å². The van der Waals surface area contributed by atoms with Crippen molar-refractivity contribution in [2.45, 2.75) is 59.8 Å². The summed E-state index contributed by atoms with van der Waals surface area (Å²) in [6, 6.07) is 22.4. The van der Waals surface area contributed by atoms with Crippen LogP contribution in [0, 0.1) is 5.41 Å². The fourth-order valence-electron chi connectivity index (χ4n) is 5.89. The van der Waals surface area contributed by atoms with Crippen LogP contribution in [-0.4, -0.2) is 3.21 Å². The van der Waals surface area contributed by atoms with Crippen LogP contribution in [0.2, 0.25) is 0 Å². The van der Waals surface area contributed by atoms with Crippen molar-refractivity contribution in [2.75, 3.05) is 0 Å². The molecule has 0 aromatic heterocycles. The maximum atomic E-state index is 2.44. The van der Waals surface area contributed by atoms with Crippen molar-refractivity contribution in [3.05, 3.63) is 116 Å². The predicted molar refractivity (Wildman–Crippen MR) is 136 cm³/mol. The Labute approximate surface area is 230 Å². The predicted octanol–water partition coefficient (Wildman–Crippen LogP) is 2.42. The first-order valence-corrected chi connectivity index (χ1v) is 14.7. The van der Waals surface area contributed by atoms with E-state index in [9.17, 15) is 0 Å². The third kappa shape index (κ3) is 5.14. The summed E-state index contributed by atoms with van der Waals surface area (Å²) in [5.74, 6) is 0. The van der Waals surface area contributed by atoms with Gasteiger partial charge in [0, 0.05) is 0 Å². The molecule has 0 saturated heterocycles. The number of hydrogen-bond donors (Lipinski definition) is 0. The molecule has 3 heteroatoms. The molecule has 0 radical (unpaired) electrons. The molecule has 0 heterocycles. The van der Waals surface area contributed by atoms with Gasteiger partial charge in [-0.05, 0) is 0 Å². The van der Waals surface area contributed by atoms with Gasteiger partial charge in [0.2, 0.25) is 0 Å². The molecule has 0 aliphatic heterocycles. The van der Waals surface area contributed by atoms with Crippen LogP contribution < -0.4 is 24.8 Å². The van der Waals surface area contributed by atoms with Gasteiger partial charge in [-0.25, -0.2) is 0 Å². The second-order valence-electron chi connectivity index (χ2n) is 8.69. The van der Waals surface area contributed by atoms with Crippen LogP contribution in [0.5, 0.6) is 0 Å². The van der Waals surface area contributed by atoms with Crippen LogP contribution in [0.15, 0.2) is 104 Å². The van der Waals surface area contributed by atoms with Gasteiger partial charge in [0.1, 0.15) is 0 Å². The summed E-state index contributed by atoms with van der Waals surface area (Å²) in [5.41, 5.74) is 9.74. The largest absolute Gasteiger partial charge is 1.00 e. The van der Waals surface area contributed by atoms with E-state index in [1.165, 1.54) is 17.5 Å². The zero-order valence-electron chi connectivity index (χ0n) is 20.8. The molecule has 0 bridgehead atoms. The van der Waals surface area contributed by atoms with Crippen molar-refractivity contribution < 1.29 is 47.6 Å². The van der Waals surface area contributed by atoms with E-state index < -0.39 is 22.8 Å². The molecule has 1 atom stereocenters. The summed E-state index contributed by atoms with van der Waals surface area (Å²) in [6.45, 7) is 9.58. The molecule has 34 heavy (non-hydrogen) atoms. The quantitative estimate of drug-likeness (QED) is 0.458. The summed E-state index contributed by atoms with van der Waals surface area (Å²) >= 11 is -1.08. The molecule has 1 unspecified atom stereocenters. The number of rotatable bonds is 8. The maximum Gasteiger partial charge on any atom is -1.00 e. The fourth-order valence-corrected chi connectivity index (χ4v) is 10.9. The Morgan fingerprint density at radius 3 is 1.74 bits per heavy atom. The number of allylic oxidation sites excluding steroid dienone is 8. The van der Waals surface area contributed by atoms with Crippen LogP contribution in [-0.2, 0) is 22.8 Å². The molecule has 2 aromatic carbocycles. The fraction of sp³-hybridized carbons (Fsp3) is 0.323. The Bertz CT molecular complexity index is 1080. The van der Waals surface area contributed by atoms with Crippen LogP contribution in [0.25, 0.3) is 0 Å². The molecule has 2 aliphatic carbocycles. The minimum atomic E-state index is -1.08. The summed E-state index contributed by atoms with van der Waals surface area (Å²) in [7, 11) is 0. The Morgan fingerprint density at radius 1 is 0.765 bits per heavy atom. The Morgan fingerprint density at radius 2 is 1.32 bits per heavy atom. The molecule has 2 aliphatic rings. The van der Waals surface area contributed by atoms with Gasteiger partial charge in [0.25, 0.3) is 0 Å². The molecule has 0 nitrogen and oxygen atoms in total. The minimum Gasteiger partial charge on any atom is -1.00 e. The van der Waals surface area contributed by atoms with Crippen LogP contribution >= 0.6 is 0 Å². The molecular weight excluding hydrogens is 534 g/mol. The van der Waals surface area contributed by atoms with Gasteiger partial charge in [0.15, 0.2) is 0 Å². The van der Waals surface area contributed by atoms with Gasteiger partial charge in [-0.1, -0.05) is 0 Å². The van der Waals surface area contributed by atoms with Gasteiger partial charge in [-0.15, -0.1) is 0 Å². The van der Waals surface area contributed by atoms with Crippen LogP contribution in [0.4, 0.5) is 0 Å². The number of hydrogen-bond acceptors (Lipinski definition) is 0. The summed E-state index contributed by atoms with van der Waals surface area (Å²) in [5, 5.41) is 0. The maximum absolute atomic E-state index is 2.44. The van der Waals surface area contributed by atoms with Gasteiger partial charge in [-0.3, -0.25) is 0 Å². The van der Waals surface area contributed by atoms with Crippen molar-refractivity contribution in [1.82, 2.24) is 0 Å². The molecular formula is C31H35Cl2Zr. The standard InChI is InChI=1S/C18H25.C13H10.2ClH.Zr/c1-5-14-13-18(8-4,15-11-9-10-12-15)17(7-3)16(14)6-2;1-3-7-12(8-4-1)11-13-9-5-2-6-10-13;;;/h9-11H,5-8,12H2,1-4H3;1-10H;2*1H;/q;;;;+2/p-2. The van der Waals surface area contributed by atoms with E-state index in [-0.39, 0.29) is 30.2 Å². The van der Waals surface area contributed by atoms with E-state index in [0.717, 1.165) is 25.7 Å². The molecule has 0 saturated carbocycles. The van der Waals surface area contributed by atoms with Gasteiger partial charge >= 0.3 is 207 Å². The van der Waals surface area contributed by atoms with E-state index in [1.807, 2.05) is 3.28 Å². The average molecular weight is 570 g/mol. The molecule has 0 fully saturated rings. The molecule has 0 spiro atoms. The Balaban J connectivity index is 0.00000204. The average Bonchev–Trinajstić information content (AvgIpc) is 3.48. The van der Waals surface area contributed by atoms with Crippen molar-refractivity contribution in [3.8, 4) is 0 Å². The number of halogens is 2. The molecule has 2 aromatic rings. The molecule has 177 valence electrons. The van der Waals surface area contributed by atoms with Gasteiger partial charge in [0.05, 0.1) is 0 Å². The van der Waals surface area contributed by atoms with E-state index in [0.29, 0.717) is 0 Å². The first kappa shape index (κ1) is 29.0. The van der Waals surface area contributed by atoms with E-state index in [1.54, 1.807) is 25.5 Å². The van der Waals surface area contributed by atoms with Crippen LogP contribution in [0.3, 0.4) is 0 Å². The first-order chi connectivity index (χ1) is 15.7. The van der Waals surface area contributed by atoms with Crippen molar-refractivity contribution in [2.24, 2.45) is 5.41 Å². The normalized spacial score (nSPS) is 18.9. The minimum absolute atomic E-state index is 0. The smallest absolute Gasteiger partial charge is 1.00 e. The summed E-state index contributed by atoms with van der Waals surface area (Å²) < 4.78 is 3.45. The number of benzene rings is 2. The first-order valence-electron chi connectivity index (χ1n) is 12.3. The van der Waals surface area contributed by atoms with Crippen molar-refractivity contribution >= 4 is 3.21 Å². The third-order valence-corrected chi connectivity index (χ3v) is 11.7. The summed E-state index contributed by atoms with van der Waals surface area (Å²) in [4.78, 5) is 0. The Hall–Kier alpha value is -1.27. The monoisotopic (exact) mass is 567 g/mol. The molecule has 0 amide bonds. The zero-order valence-corrected chi connectivity index (χ0v) is 24.8. The Kier molecular flexibility index (Phi) is 11.2. The zero-order chi connectivity index (χ0) is 22.6. The van der Waals surface area contributed by atoms with E-state index in [2.05, 4.69) is 107 Å². The van der Waals surface area contributed by atoms with Crippen LogP contribution in [0.1, 0.15) is 70.9 Å². The third-order valence-electron chi connectivity index (χ3n) is 7.26. The molecule has 4 rings (SSSR count). The SMILES string of the molecule is CCC1=C(CC)C(CC)(C2=CC=CC2)[C]([Zr+2]=[C](c2ccccc2)c2ccccc2)=C1CC.[Cl-].[Cl-]. The van der Waals surface area contributed by atoms with E-state index in [4.69, 9.17) is 0 Å². The summed E-state index contributed by atoms with van der Waals surface area (Å²) in [6.07, 6.45) is 12.9. The topological polar surface area (TPSA) is 0 Å². The molecule has 0 N–H and O–H groups in total. The van der Waals surface area contributed by atoms with Crippen molar-refractivity contribution in [3.63, 3.8) is 0 Å². The van der Waals surface area contributed by atoms with E-state index >= 15 is 0 Å². The second-order valence-corrected chi connectivity index (χ2v) is 11.8. The van der Waals surface area contributed by atoms with Gasteiger partial charge < -0.3 is 24.8 Å².